The third kappa shape index (κ3) is 4.00. The maximum atomic E-state index is 14.0. The summed E-state index contributed by atoms with van der Waals surface area (Å²) in [6, 6.07) is 19.3. The fraction of sp³-hybridized carbons (Fsp3) is 0.125. The lowest BCUT2D eigenvalue weighted by molar-refractivity contribution is 0.0968. The smallest absolute Gasteiger partial charge is 0.195 e. The monoisotopic (exact) mass is 449 g/mol. The normalized spacial score (nSPS) is 13.4. The van der Waals surface area contributed by atoms with E-state index >= 15 is 0 Å². The van der Waals surface area contributed by atoms with Crippen LogP contribution in [0.15, 0.2) is 79.1 Å². The fourth-order valence-corrected chi connectivity index (χ4v) is 3.96. The summed E-state index contributed by atoms with van der Waals surface area (Å²) in [5.74, 6) is -0.347. The minimum absolute atomic E-state index is 0. The number of pyridine rings is 1. The van der Waals surface area contributed by atoms with E-state index in [4.69, 9.17) is 0 Å². The fourth-order valence-electron chi connectivity index (χ4n) is 3.96. The van der Waals surface area contributed by atoms with Gasteiger partial charge in [0.05, 0.1) is 18.0 Å². The number of carbonyl (C=O) groups excluding carboxylic acids is 1. The third-order valence-electron chi connectivity index (χ3n) is 5.41. The molecule has 4 aromatic rings. The van der Waals surface area contributed by atoms with Gasteiger partial charge in [0, 0.05) is 18.9 Å². The molecule has 32 heavy (non-hydrogen) atoms. The molecule has 0 saturated heterocycles. The Morgan fingerprint density at radius 3 is 2.38 bits per heavy atom. The zero-order valence-corrected chi connectivity index (χ0v) is 17.8. The second-order valence-electron chi connectivity index (χ2n) is 7.34. The number of hydrazine groups is 1. The van der Waals surface area contributed by atoms with Crippen LogP contribution in [-0.4, -0.2) is 27.1 Å². The van der Waals surface area contributed by atoms with Gasteiger partial charge in [-0.25, -0.2) is 14.5 Å². The summed E-state index contributed by atoms with van der Waals surface area (Å²) in [5.41, 5.74) is 9.77. The Labute approximate surface area is 190 Å². The first kappa shape index (κ1) is 21.7. The zero-order valence-electron chi connectivity index (χ0n) is 17.0. The van der Waals surface area contributed by atoms with Gasteiger partial charge in [-0.3, -0.25) is 9.78 Å². The van der Waals surface area contributed by atoms with Gasteiger partial charge in [-0.15, -0.1) is 12.4 Å². The maximum absolute atomic E-state index is 14.0. The number of carbonyl (C=O) groups is 1. The van der Waals surface area contributed by atoms with Crippen molar-refractivity contribution in [2.45, 2.75) is 12.5 Å². The van der Waals surface area contributed by atoms with Gasteiger partial charge in [0.15, 0.2) is 5.78 Å². The Kier molecular flexibility index (Phi) is 6.30. The molecule has 0 radical (unpaired) electrons. The van der Waals surface area contributed by atoms with E-state index in [1.54, 1.807) is 24.5 Å². The van der Waals surface area contributed by atoms with Crippen molar-refractivity contribution in [3.05, 3.63) is 102 Å². The quantitative estimate of drug-likeness (QED) is 0.440. The highest BCUT2D eigenvalue weighted by Gasteiger charge is 2.32. The summed E-state index contributed by atoms with van der Waals surface area (Å²) in [4.78, 5) is 18.1. The van der Waals surface area contributed by atoms with Gasteiger partial charge in [0.25, 0.3) is 0 Å². The Morgan fingerprint density at radius 2 is 1.66 bits per heavy atom. The lowest BCUT2D eigenvalue weighted by Gasteiger charge is -2.18. The number of aromatic nitrogens is 3. The van der Waals surface area contributed by atoms with E-state index in [2.05, 4.69) is 20.9 Å². The maximum Gasteiger partial charge on any atom is 0.195 e. The van der Waals surface area contributed by atoms with E-state index in [0.29, 0.717) is 18.8 Å². The molecule has 1 atom stereocenters. The van der Waals surface area contributed by atoms with Gasteiger partial charge in [-0.1, -0.05) is 42.5 Å². The van der Waals surface area contributed by atoms with Crippen LogP contribution in [0.25, 0.3) is 11.1 Å². The van der Waals surface area contributed by atoms with Gasteiger partial charge < -0.3 is 5.43 Å². The first-order valence-corrected chi connectivity index (χ1v) is 10.1. The van der Waals surface area contributed by atoms with Gasteiger partial charge >= 0.3 is 0 Å². The largest absolute Gasteiger partial charge is 0.305 e. The molecule has 0 spiro atoms. The molecule has 1 aliphatic rings. The van der Waals surface area contributed by atoms with E-state index < -0.39 is 5.92 Å². The molecular formula is C24H21ClFN5O. The average molecular weight is 450 g/mol. The lowest BCUT2D eigenvalue weighted by Crippen LogP contribution is -2.33. The first-order valence-electron chi connectivity index (χ1n) is 10.1. The van der Waals surface area contributed by atoms with Crippen molar-refractivity contribution in [2.75, 3.05) is 12.0 Å². The highest BCUT2D eigenvalue weighted by atomic mass is 35.5. The average Bonchev–Trinajstić information content (AvgIpc) is 3.21. The van der Waals surface area contributed by atoms with Crippen LogP contribution in [0.5, 0.6) is 0 Å². The number of benzene rings is 2. The van der Waals surface area contributed by atoms with Crippen LogP contribution in [0.4, 0.5) is 10.2 Å². The number of rotatable bonds is 5. The van der Waals surface area contributed by atoms with Gasteiger partial charge in [-0.2, -0.15) is 5.10 Å². The van der Waals surface area contributed by atoms with E-state index in [1.807, 2.05) is 47.1 Å². The second kappa shape index (κ2) is 9.30. The van der Waals surface area contributed by atoms with Crippen molar-refractivity contribution in [3.8, 4) is 11.1 Å². The summed E-state index contributed by atoms with van der Waals surface area (Å²) in [5, 5.41) is 4.69. The Bertz CT molecular complexity index is 1210. The Morgan fingerprint density at radius 1 is 0.969 bits per heavy atom. The van der Waals surface area contributed by atoms with Crippen molar-refractivity contribution in [2.24, 2.45) is 0 Å². The molecule has 162 valence electrons. The molecule has 1 unspecified atom stereocenters. The van der Waals surface area contributed by atoms with Crippen molar-refractivity contribution in [3.63, 3.8) is 0 Å². The number of anilines is 1. The van der Waals surface area contributed by atoms with E-state index in [1.165, 1.54) is 12.1 Å². The van der Waals surface area contributed by atoms with Gasteiger partial charge in [-0.05, 0) is 41.0 Å². The predicted octanol–water partition coefficient (Wildman–Crippen LogP) is 4.45. The van der Waals surface area contributed by atoms with Crippen LogP contribution in [0.1, 0.15) is 27.5 Å². The molecule has 1 aliphatic heterocycles. The lowest BCUT2D eigenvalue weighted by atomic mass is 9.85. The van der Waals surface area contributed by atoms with Crippen LogP contribution in [0.2, 0.25) is 0 Å². The minimum Gasteiger partial charge on any atom is -0.305 e. The van der Waals surface area contributed by atoms with Gasteiger partial charge in [0.1, 0.15) is 17.3 Å². The van der Waals surface area contributed by atoms with Crippen LogP contribution in [0, 0.1) is 5.82 Å². The molecule has 6 nitrogen and oxygen atoms in total. The molecule has 2 N–H and O–H groups in total. The molecule has 0 fully saturated rings. The summed E-state index contributed by atoms with van der Waals surface area (Å²) < 4.78 is 15.4. The summed E-state index contributed by atoms with van der Waals surface area (Å²) >= 11 is 0. The van der Waals surface area contributed by atoms with E-state index in [-0.39, 0.29) is 24.0 Å². The number of hydrogen-bond donors (Lipinski definition) is 2. The number of hydrogen-bond acceptors (Lipinski definition) is 5. The number of nitrogens with one attached hydrogen (secondary N) is 2. The molecule has 2 aromatic carbocycles. The van der Waals surface area contributed by atoms with Crippen LogP contribution in [0.3, 0.4) is 0 Å². The third-order valence-corrected chi connectivity index (χ3v) is 5.41. The molecule has 0 saturated carbocycles. The molecule has 5 rings (SSSR count). The minimum atomic E-state index is -0.604. The van der Waals surface area contributed by atoms with Crippen LogP contribution >= 0.6 is 12.4 Å². The van der Waals surface area contributed by atoms with E-state index in [9.17, 15) is 9.18 Å². The van der Waals surface area contributed by atoms with Crippen molar-refractivity contribution < 1.29 is 9.18 Å². The zero-order chi connectivity index (χ0) is 21.2. The van der Waals surface area contributed by atoms with E-state index in [0.717, 1.165) is 28.1 Å². The number of halogens is 2. The highest BCUT2D eigenvalue weighted by molar-refractivity contribution is 6.08. The number of ketones is 1. The Balaban J connectivity index is 0.00000245. The van der Waals surface area contributed by atoms with Gasteiger partial charge in [0.2, 0.25) is 0 Å². The summed E-state index contributed by atoms with van der Waals surface area (Å²) in [7, 11) is 0. The standard InChI is InChI=1S/C24H20FN5O.ClH/c25-19-8-6-17(7-9-19)20(16-4-2-1-3-5-16)23(31)22-21(18-10-12-26-13-11-18)24-28-27-14-15-30(24)29-22;/h1-13,20,27-28H,14-15H2;1H. The van der Waals surface area contributed by atoms with Crippen molar-refractivity contribution in [1.29, 1.82) is 0 Å². The Hall–Kier alpha value is -3.55. The highest BCUT2D eigenvalue weighted by Crippen LogP contribution is 2.37. The number of nitrogens with zero attached hydrogens (tertiary/aromatic N) is 3. The van der Waals surface area contributed by atoms with Crippen LogP contribution in [-0.2, 0) is 6.54 Å². The number of fused-ring (bicyclic) bond motifs is 1. The molecular weight excluding hydrogens is 429 g/mol. The molecule has 2 aromatic heterocycles. The van der Waals surface area contributed by atoms with Crippen LogP contribution < -0.4 is 10.9 Å². The SMILES string of the molecule is Cl.O=C(c1nn2c(c1-c1ccncc1)NNCC2)C(c1ccccc1)c1ccc(F)cc1. The summed E-state index contributed by atoms with van der Waals surface area (Å²) in [6.07, 6.45) is 3.39. The summed E-state index contributed by atoms with van der Waals surface area (Å²) in [6.45, 7) is 1.33. The number of Topliss-reactive ketones (excluding diaryl/α,β-unsaturated/α-hetero) is 1. The molecule has 8 heteroatoms. The molecule has 0 amide bonds. The topological polar surface area (TPSA) is 71.8 Å². The van der Waals surface area contributed by atoms with Crippen molar-refractivity contribution >= 4 is 24.0 Å². The molecule has 0 aliphatic carbocycles. The molecule has 3 heterocycles. The molecule has 0 bridgehead atoms. The second-order valence-corrected chi connectivity index (χ2v) is 7.34. The van der Waals surface area contributed by atoms with Crippen molar-refractivity contribution in [1.82, 2.24) is 20.2 Å². The predicted molar refractivity (Wildman–Crippen MR) is 123 cm³/mol. The first-order chi connectivity index (χ1) is 15.2.